The molecule has 0 spiro atoms. The van der Waals surface area contributed by atoms with Crippen molar-refractivity contribution in [3.8, 4) is 11.8 Å². The lowest BCUT2D eigenvalue weighted by atomic mass is 10.2. The summed E-state index contributed by atoms with van der Waals surface area (Å²) in [4.78, 5) is -0.0723. The highest BCUT2D eigenvalue weighted by molar-refractivity contribution is 9.10. The average Bonchev–Trinajstić information content (AvgIpc) is 2.57. The molecule has 0 saturated heterocycles. The number of hydrogen-bond acceptors (Lipinski definition) is 5. The fraction of sp³-hybridized carbons (Fsp3) is 0.188. The summed E-state index contributed by atoms with van der Waals surface area (Å²) in [6, 6.07) is 13.8. The number of rotatable bonds is 6. The molecule has 126 valence electrons. The molecule has 0 aromatic heterocycles. The van der Waals surface area contributed by atoms with Crippen LogP contribution in [-0.4, -0.2) is 26.4 Å². The van der Waals surface area contributed by atoms with Crippen LogP contribution in [0.4, 0.5) is 5.69 Å². The molecular weight excluding hydrogens is 394 g/mol. The van der Waals surface area contributed by atoms with Crippen molar-refractivity contribution in [3.63, 3.8) is 0 Å². The van der Waals surface area contributed by atoms with Gasteiger partial charge in [0.25, 0.3) is 0 Å². The van der Waals surface area contributed by atoms with Crippen LogP contribution < -0.4 is 10.5 Å². The lowest BCUT2D eigenvalue weighted by Crippen LogP contribution is -2.31. The number of nitriles is 1. The van der Waals surface area contributed by atoms with Crippen LogP contribution in [0.1, 0.15) is 5.56 Å². The largest absolute Gasteiger partial charge is 0.495 e. The lowest BCUT2D eigenvalue weighted by molar-refractivity contribution is 0.394. The van der Waals surface area contributed by atoms with Crippen LogP contribution >= 0.6 is 15.9 Å². The van der Waals surface area contributed by atoms with Crippen LogP contribution in [0.5, 0.6) is 5.75 Å². The minimum atomic E-state index is -3.96. The van der Waals surface area contributed by atoms with Gasteiger partial charge in [0.2, 0.25) is 10.0 Å². The Morgan fingerprint density at radius 2 is 1.96 bits per heavy atom. The summed E-state index contributed by atoms with van der Waals surface area (Å²) in [5, 5.41) is 9.03. The van der Waals surface area contributed by atoms with Crippen molar-refractivity contribution in [1.82, 2.24) is 4.31 Å². The van der Waals surface area contributed by atoms with Gasteiger partial charge in [-0.05, 0) is 33.6 Å². The van der Waals surface area contributed by atoms with Gasteiger partial charge in [0.1, 0.15) is 17.2 Å². The van der Waals surface area contributed by atoms with E-state index in [1.54, 1.807) is 12.1 Å². The van der Waals surface area contributed by atoms with Crippen molar-refractivity contribution in [2.45, 2.75) is 11.4 Å². The topological polar surface area (TPSA) is 96.4 Å². The molecule has 0 unspecified atom stereocenters. The molecule has 0 bridgehead atoms. The highest BCUT2D eigenvalue weighted by Gasteiger charge is 2.28. The number of ether oxygens (including phenoxy) is 1. The van der Waals surface area contributed by atoms with E-state index in [-0.39, 0.29) is 29.4 Å². The van der Waals surface area contributed by atoms with Crippen molar-refractivity contribution in [2.75, 3.05) is 19.4 Å². The van der Waals surface area contributed by atoms with Crippen LogP contribution in [0.3, 0.4) is 0 Å². The Hall–Kier alpha value is -2.08. The molecule has 6 nitrogen and oxygen atoms in total. The molecule has 0 aliphatic heterocycles. The van der Waals surface area contributed by atoms with Gasteiger partial charge >= 0.3 is 0 Å². The molecule has 2 aromatic carbocycles. The minimum Gasteiger partial charge on any atom is -0.495 e. The summed E-state index contributed by atoms with van der Waals surface area (Å²) in [5.74, 6) is 0.159. The number of nitrogen functional groups attached to an aromatic ring is 1. The van der Waals surface area contributed by atoms with Crippen molar-refractivity contribution in [3.05, 3.63) is 52.5 Å². The summed E-state index contributed by atoms with van der Waals surface area (Å²) in [6.45, 7) is -0.202. The third-order valence-electron chi connectivity index (χ3n) is 3.35. The van der Waals surface area contributed by atoms with Crippen molar-refractivity contribution >= 4 is 31.6 Å². The summed E-state index contributed by atoms with van der Waals surface area (Å²) >= 11 is 3.24. The molecule has 2 aromatic rings. The first kappa shape index (κ1) is 18.3. The van der Waals surface area contributed by atoms with E-state index in [0.29, 0.717) is 4.47 Å². The third kappa shape index (κ3) is 3.87. The second kappa shape index (κ2) is 7.66. The summed E-state index contributed by atoms with van der Waals surface area (Å²) < 4.78 is 32.8. The van der Waals surface area contributed by atoms with Gasteiger partial charge in [0, 0.05) is 16.7 Å². The Morgan fingerprint density at radius 3 is 2.54 bits per heavy atom. The average molecular weight is 410 g/mol. The zero-order valence-electron chi connectivity index (χ0n) is 12.9. The smallest absolute Gasteiger partial charge is 0.248 e. The predicted molar refractivity (Wildman–Crippen MR) is 94.8 cm³/mol. The number of sulfonamides is 1. The number of nitrogens with two attached hydrogens (primary N) is 1. The first-order chi connectivity index (χ1) is 11.4. The van der Waals surface area contributed by atoms with Crippen LogP contribution in [0.15, 0.2) is 51.8 Å². The Morgan fingerprint density at radius 1 is 1.29 bits per heavy atom. The first-order valence-corrected chi connectivity index (χ1v) is 9.17. The molecule has 0 heterocycles. The van der Waals surface area contributed by atoms with Crippen molar-refractivity contribution in [1.29, 1.82) is 5.26 Å². The fourth-order valence-electron chi connectivity index (χ4n) is 2.14. The van der Waals surface area contributed by atoms with Crippen molar-refractivity contribution < 1.29 is 13.2 Å². The minimum absolute atomic E-state index is 0.0723. The Bertz CT molecular complexity index is 864. The summed E-state index contributed by atoms with van der Waals surface area (Å²) in [6.07, 6.45) is 0. The van der Waals surface area contributed by atoms with Crippen LogP contribution in [-0.2, 0) is 16.6 Å². The van der Waals surface area contributed by atoms with Gasteiger partial charge in [-0.1, -0.05) is 30.3 Å². The number of hydrogen-bond donors (Lipinski definition) is 1. The van der Waals surface area contributed by atoms with E-state index in [1.165, 1.54) is 19.2 Å². The standard InChI is InChI=1S/C16H16BrN3O3S/c1-23-15-9-13(17)14(19)10-16(15)24(21,22)20(8-7-18)11-12-5-3-2-4-6-12/h2-6,9-10H,8,11,19H2,1H3. The molecule has 0 fully saturated rings. The van der Waals surface area contributed by atoms with Gasteiger partial charge in [-0.15, -0.1) is 0 Å². The molecule has 8 heteroatoms. The van der Waals surface area contributed by atoms with E-state index in [0.717, 1.165) is 9.87 Å². The number of anilines is 1. The van der Waals surface area contributed by atoms with E-state index in [2.05, 4.69) is 15.9 Å². The molecule has 0 radical (unpaired) electrons. The SMILES string of the molecule is COc1cc(Br)c(N)cc1S(=O)(=O)N(CC#N)Cc1ccccc1. The molecule has 0 atom stereocenters. The number of methoxy groups -OCH3 is 1. The number of benzene rings is 2. The molecule has 0 saturated carbocycles. The van der Waals surface area contributed by atoms with Crippen molar-refractivity contribution in [2.24, 2.45) is 0 Å². The Kier molecular flexibility index (Phi) is 5.83. The summed E-state index contributed by atoms with van der Waals surface area (Å²) in [5.41, 5.74) is 6.86. The maximum absolute atomic E-state index is 13.0. The van der Waals surface area contributed by atoms with Crippen LogP contribution in [0, 0.1) is 11.3 Å². The predicted octanol–water partition coefficient (Wildman–Crippen LogP) is 2.75. The maximum Gasteiger partial charge on any atom is 0.248 e. The monoisotopic (exact) mass is 409 g/mol. The quantitative estimate of drug-likeness (QED) is 0.584. The zero-order valence-corrected chi connectivity index (χ0v) is 15.3. The second-order valence-electron chi connectivity index (χ2n) is 4.94. The molecule has 0 amide bonds. The molecule has 0 aliphatic rings. The fourth-order valence-corrected chi connectivity index (χ4v) is 3.96. The zero-order chi connectivity index (χ0) is 17.7. The molecular formula is C16H16BrN3O3S. The second-order valence-corrected chi connectivity index (χ2v) is 7.70. The van der Waals surface area contributed by atoms with Gasteiger partial charge in [0.05, 0.1) is 13.2 Å². The van der Waals surface area contributed by atoms with Gasteiger partial charge in [0.15, 0.2) is 0 Å². The molecule has 2 rings (SSSR count). The van der Waals surface area contributed by atoms with Crippen LogP contribution in [0.25, 0.3) is 0 Å². The van der Waals surface area contributed by atoms with Crippen LogP contribution in [0.2, 0.25) is 0 Å². The van der Waals surface area contributed by atoms with E-state index >= 15 is 0 Å². The first-order valence-electron chi connectivity index (χ1n) is 6.94. The highest BCUT2D eigenvalue weighted by Crippen LogP contribution is 2.34. The number of halogens is 1. The van der Waals surface area contributed by atoms with Gasteiger partial charge in [-0.3, -0.25) is 0 Å². The molecule has 2 N–H and O–H groups in total. The normalized spacial score (nSPS) is 11.2. The van der Waals surface area contributed by atoms with Gasteiger partial charge in [-0.2, -0.15) is 9.57 Å². The highest BCUT2D eigenvalue weighted by atomic mass is 79.9. The molecule has 24 heavy (non-hydrogen) atoms. The van der Waals surface area contributed by atoms with E-state index < -0.39 is 10.0 Å². The Labute approximate surface area is 149 Å². The van der Waals surface area contributed by atoms with E-state index in [4.69, 9.17) is 15.7 Å². The summed E-state index contributed by atoms with van der Waals surface area (Å²) in [7, 11) is -2.58. The third-order valence-corrected chi connectivity index (χ3v) is 5.85. The van der Waals surface area contributed by atoms with Gasteiger partial charge in [-0.25, -0.2) is 8.42 Å². The van der Waals surface area contributed by atoms with E-state index in [9.17, 15) is 8.42 Å². The number of nitrogens with zero attached hydrogens (tertiary/aromatic N) is 2. The van der Waals surface area contributed by atoms with Gasteiger partial charge < -0.3 is 10.5 Å². The van der Waals surface area contributed by atoms with E-state index in [1.807, 2.05) is 24.3 Å². The maximum atomic E-state index is 13.0. The molecule has 0 aliphatic carbocycles. The lowest BCUT2D eigenvalue weighted by Gasteiger charge is -2.21. The Balaban J connectivity index is 2.49.